The Morgan fingerprint density at radius 3 is 2.54 bits per heavy atom. The monoisotopic (exact) mass is 472 g/mol. The molecule has 1 saturated heterocycles. The van der Waals surface area contributed by atoms with Crippen LogP contribution in [0.1, 0.15) is 24.1 Å². The van der Waals surface area contributed by atoms with Crippen molar-refractivity contribution in [3.05, 3.63) is 60.2 Å². The standard InChI is InChI=1S/C25H28N8O2/c1-33(19-7-9-27-10-8-19)22-12-23(32-24-16-28-18(13-26)14-29-24)30-15-21(22)31-25(34)11-17-3-5-20(35-2)6-4-17/h3-6,12,14-16,19,27H,7-11H2,1-2H3,(H,31,34)(H,29,30,32). The third-order valence-corrected chi connectivity index (χ3v) is 5.94. The largest absolute Gasteiger partial charge is 0.497 e. The average Bonchev–Trinajstić information content (AvgIpc) is 2.90. The molecule has 0 radical (unpaired) electrons. The van der Waals surface area contributed by atoms with Gasteiger partial charge < -0.3 is 25.6 Å². The van der Waals surface area contributed by atoms with Crippen molar-refractivity contribution in [2.24, 2.45) is 0 Å². The topological polar surface area (TPSA) is 128 Å². The van der Waals surface area contributed by atoms with Gasteiger partial charge >= 0.3 is 0 Å². The van der Waals surface area contributed by atoms with Gasteiger partial charge in [0.15, 0.2) is 5.69 Å². The summed E-state index contributed by atoms with van der Waals surface area (Å²) in [7, 11) is 3.65. The molecular weight excluding hydrogens is 444 g/mol. The maximum absolute atomic E-state index is 12.9. The van der Waals surface area contributed by atoms with Crippen molar-refractivity contribution in [2.45, 2.75) is 25.3 Å². The van der Waals surface area contributed by atoms with Gasteiger partial charge in [-0.1, -0.05) is 12.1 Å². The molecule has 0 spiro atoms. The number of ether oxygens (including phenoxy) is 1. The quantitative estimate of drug-likeness (QED) is 0.453. The number of nitrogens with one attached hydrogen (secondary N) is 3. The first-order chi connectivity index (χ1) is 17.1. The maximum Gasteiger partial charge on any atom is 0.228 e. The molecule has 1 fully saturated rings. The Morgan fingerprint density at radius 1 is 1.14 bits per heavy atom. The van der Waals surface area contributed by atoms with E-state index in [-0.39, 0.29) is 18.0 Å². The van der Waals surface area contributed by atoms with Gasteiger partial charge in [-0.3, -0.25) is 4.79 Å². The molecule has 0 saturated carbocycles. The van der Waals surface area contributed by atoms with Gasteiger partial charge in [0.2, 0.25) is 5.91 Å². The van der Waals surface area contributed by atoms with E-state index >= 15 is 0 Å². The number of pyridine rings is 1. The number of hydrogen-bond donors (Lipinski definition) is 3. The lowest BCUT2D eigenvalue weighted by molar-refractivity contribution is -0.115. The van der Waals surface area contributed by atoms with Crippen molar-refractivity contribution in [1.29, 1.82) is 5.26 Å². The van der Waals surface area contributed by atoms with E-state index in [4.69, 9.17) is 10.00 Å². The first-order valence-corrected chi connectivity index (χ1v) is 11.4. The predicted octanol–water partition coefficient (Wildman–Crippen LogP) is 2.86. The zero-order valence-corrected chi connectivity index (χ0v) is 19.8. The van der Waals surface area contributed by atoms with Crippen LogP contribution in [0.25, 0.3) is 0 Å². The van der Waals surface area contributed by atoms with Crippen molar-refractivity contribution in [3.8, 4) is 11.8 Å². The zero-order valence-electron chi connectivity index (χ0n) is 19.8. The van der Waals surface area contributed by atoms with Crippen LogP contribution in [-0.2, 0) is 11.2 Å². The number of nitrogens with zero attached hydrogens (tertiary/aromatic N) is 5. The van der Waals surface area contributed by atoms with E-state index in [0.29, 0.717) is 23.4 Å². The van der Waals surface area contributed by atoms with E-state index in [2.05, 4.69) is 35.8 Å². The predicted molar refractivity (Wildman–Crippen MR) is 134 cm³/mol. The highest BCUT2D eigenvalue weighted by Gasteiger charge is 2.22. The van der Waals surface area contributed by atoms with E-state index in [0.717, 1.165) is 42.9 Å². The first kappa shape index (κ1) is 23.9. The van der Waals surface area contributed by atoms with Crippen molar-refractivity contribution >= 4 is 28.9 Å². The summed E-state index contributed by atoms with van der Waals surface area (Å²) in [4.78, 5) is 27.8. The molecule has 10 heteroatoms. The van der Waals surface area contributed by atoms with Crippen LogP contribution in [0.3, 0.4) is 0 Å². The third kappa shape index (κ3) is 6.22. The molecular formula is C25H28N8O2. The molecule has 0 bridgehead atoms. The SMILES string of the molecule is COc1ccc(CC(=O)Nc2cnc(Nc3cnc(C#N)cn3)cc2N(C)C2CCNCC2)cc1. The van der Waals surface area contributed by atoms with E-state index in [9.17, 15) is 4.79 Å². The number of piperidine rings is 1. The molecule has 3 heterocycles. The van der Waals surface area contributed by atoms with Crippen molar-refractivity contribution < 1.29 is 9.53 Å². The number of rotatable bonds is 8. The van der Waals surface area contributed by atoms with Crippen LogP contribution in [0, 0.1) is 11.3 Å². The average molecular weight is 473 g/mol. The van der Waals surface area contributed by atoms with E-state index in [1.54, 1.807) is 13.3 Å². The van der Waals surface area contributed by atoms with Gasteiger partial charge in [-0.15, -0.1) is 0 Å². The summed E-state index contributed by atoms with van der Waals surface area (Å²) in [5, 5.41) is 18.5. The molecule has 3 N–H and O–H groups in total. The Hall–Kier alpha value is -4.23. The smallest absolute Gasteiger partial charge is 0.228 e. The second-order valence-electron chi connectivity index (χ2n) is 8.28. The van der Waals surface area contributed by atoms with Gasteiger partial charge in [0.05, 0.1) is 43.5 Å². The number of carbonyl (C=O) groups excluding carboxylic acids is 1. The molecule has 1 aliphatic rings. The number of methoxy groups -OCH3 is 1. The van der Waals surface area contributed by atoms with Crippen LogP contribution < -0.4 is 25.6 Å². The highest BCUT2D eigenvalue weighted by atomic mass is 16.5. The highest BCUT2D eigenvalue weighted by Crippen LogP contribution is 2.31. The van der Waals surface area contributed by atoms with Gasteiger partial charge in [0.25, 0.3) is 0 Å². The van der Waals surface area contributed by atoms with Gasteiger partial charge in [-0.25, -0.2) is 15.0 Å². The van der Waals surface area contributed by atoms with Gasteiger partial charge in [0.1, 0.15) is 23.5 Å². The van der Waals surface area contributed by atoms with Crippen molar-refractivity contribution in [3.63, 3.8) is 0 Å². The minimum absolute atomic E-state index is 0.129. The van der Waals surface area contributed by atoms with Gasteiger partial charge in [-0.2, -0.15) is 5.26 Å². The summed E-state index contributed by atoms with van der Waals surface area (Å²) in [6.07, 6.45) is 6.78. The molecule has 4 rings (SSSR count). The molecule has 2 aromatic heterocycles. The van der Waals surface area contributed by atoms with Crippen LogP contribution in [0.5, 0.6) is 5.75 Å². The fourth-order valence-corrected chi connectivity index (χ4v) is 4.00. The van der Waals surface area contributed by atoms with Crippen LogP contribution in [-0.4, -0.2) is 54.1 Å². The lowest BCUT2D eigenvalue weighted by Crippen LogP contribution is -2.41. The number of benzene rings is 1. The molecule has 1 aromatic carbocycles. The minimum Gasteiger partial charge on any atom is -0.497 e. The fraction of sp³-hybridized carbons (Fsp3) is 0.320. The molecule has 1 amide bonds. The molecule has 0 aliphatic carbocycles. The van der Waals surface area contributed by atoms with Crippen LogP contribution in [0.15, 0.2) is 48.9 Å². The second kappa shape index (κ2) is 11.3. The van der Waals surface area contributed by atoms with Crippen molar-refractivity contribution in [2.75, 3.05) is 42.8 Å². The number of nitriles is 1. The van der Waals surface area contributed by atoms with Crippen LogP contribution in [0.2, 0.25) is 0 Å². The number of hydrogen-bond acceptors (Lipinski definition) is 9. The molecule has 3 aromatic rings. The molecule has 180 valence electrons. The number of anilines is 4. The summed E-state index contributed by atoms with van der Waals surface area (Å²) in [6.45, 7) is 1.90. The third-order valence-electron chi connectivity index (χ3n) is 5.94. The van der Waals surface area contributed by atoms with Crippen LogP contribution in [0.4, 0.5) is 23.0 Å². The lowest BCUT2D eigenvalue weighted by Gasteiger charge is -2.34. The Bertz CT molecular complexity index is 1190. The van der Waals surface area contributed by atoms with E-state index < -0.39 is 0 Å². The van der Waals surface area contributed by atoms with Crippen molar-refractivity contribution in [1.82, 2.24) is 20.3 Å². The van der Waals surface area contributed by atoms with Crippen LogP contribution >= 0.6 is 0 Å². The summed E-state index contributed by atoms with van der Waals surface area (Å²) in [5.41, 5.74) is 2.63. The minimum atomic E-state index is -0.129. The number of amides is 1. The Labute approximate surface area is 204 Å². The molecule has 0 atom stereocenters. The molecule has 1 aliphatic heterocycles. The Morgan fingerprint density at radius 2 is 1.89 bits per heavy atom. The summed E-state index contributed by atoms with van der Waals surface area (Å²) < 4.78 is 5.19. The molecule has 35 heavy (non-hydrogen) atoms. The maximum atomic E-state index is 12.9. The summed E-state index contributed by atoms with van der Waals surface area (Å²) in [6, 6.07) is 11.6. The second-order valence-corrected chi connectivity index (χ2v) is 8.28. The Balaban J connectivity index is 1.55. The first-order valence-electron chi connectivity index (χ1n) is 11.4. The van der Waals surface area contributed by atoms with Gasteiger partial charge in [0, 0.05) is 19.2 Å². The fourth-order valence-electron chi connectivity index (χ4n) is 4.00. The summed E-state index contributed by atoms with van der Waals surface area (Å²) in [5.74, 6) is 1.66. The highest BCUT2D eigenvalue weighted by molar-refractivity contribution is 5.95. The number of carbonyl (C=O) groups is 1. The van der Waals surface area contributed by atoms with E-state index in [1.807, 2.05) is 43.4 Å². The molecule has 0 unspecified atom stereocenters. The summed E-state index contributed by atoms with van der Waals surface area (Å²) >= 11 is 0. The zero-order chi connectivity index (χ0) is 24.6. The molecule has 10 nitrogen and oxygen atoms in total. The normalized spacial score (nSPS) is 13.5. The lowest BCUT2D eigenvalue weighted by atomic mass is 10.0. The van der Waals surface area contributed by atoms with Gasteiger partial charge in [-0.05, 0) is 43.6 Å². The Kier molecular flexibility index (Phi) is 7.70. The van der Waals surface area contributed by atoms with E-state index in [1.165, 1.54) is 12.4 Å². The number of aromatic nitrogens is 3.